The van der Waals surface area contributed by atoms with Crippen molar-refractivity contribution in [2.45, 2.75) is 88.9 Å². The highest BCUT2D eigenvalue weighted by atomic mass is 32.2. The van der Waals surface area contributed by atoms with E-state index in [-0.39, 0.29) is 22.9 Å². The molecule has 11 heteroatoms. The van der Waals surface area contributed by atoms with Gasteiger partial charge in [0.05, 0.1) is 6.26 Å². The predicted octanol–water partition coefficient (Wildman–Crippen LogP) is 4.34. The first-order valence-electron chi connectivity index (χ1n) is 12.8. The molecule has 4 aliphatic rings. The second kappa shape index (κ2) is 8.75. The van der Waals surface area contributed by atoms with Gasteiger partial charge in [-0.15, -0.1) is 0 Å². The van der Waals surface area contributed by atoms with Crippen molar-refractivity contribution in [2.24, 2.45) is 10.8 Å². The lowest BCUT2D eigenvalue weighted by atomic mass is 9.52. The molecule has 5 rings (SSSR count). The van der Waals surface area contributed by atoms with Crippen LogP contribution in [0, 0.1) is 10.8 Å². The first-order valence-corrected chi connectivity index (χ1v) is 14.7. The van der Waals surface area contributed by atoms with E-state index in [1.807, 2.05) is 11.9 Å². The van der Waals surface area contributed by atoms with Crippen LogP contribution in [-0.4, -0.2) is 56.9 Å². The number of piperidine rings is 1. The lowest BCUT2D eigenvalue weighted by Crippen LogP contribution is -2.60. The summed E-state index contributed by atoms with van der Waals surface area (Å²) < 4.78 is 66.9. The molecule has 0 amide bonds. The van der Waals surface area contributed by atoms with Gasteiger partial charge in [-0.1, -0.05) is 19.3 Å². The third kappa shape index (κ3) is 5.26. The zero-order valence-electron chi connectivity index (χ0n) is 20.6. The van der Waals surface area contributed by atoms with Crippen molar-refractivity contribution in [3.63, 3.8) is 0 Å². The van der Waals surface area contributed by atoms with Crippen molar-refractivity contribution < 1.29 is 21.6 Å². The molecule has 1 aliphatic heterocycles. The standard InChI is InChI=1S/C24H36F3N5O2S/c1-31(18-14-23(15-18)12-17(13-23)30-35(2,33)34)19-11-20(29-21(28-19)24(25,26)27)32-10-6-9-22(16-32)7-4-3-5-8-22/h11,17-18,30H,3-10,12-16H2,1-2H3. The molecule has 0 aromatic carbocycles. The quantitative estimate of drug-likeness (QED) is 0.629. The molecule has 0 atom stereocenters. The molecule has 7 nitrogen and oxygen atoms in total. The van der Waals surface area contributed by atoms with Crippen molar-refractivity contribution in [3.8, 4) is 0 Å². The Labute approximate surface area is 205 Å². The number of halogens is 3. The van der Waals surface area contributed by atoms with Crippen LogP contribution in [-0.2, 0) is 16.2 Å². The molecular formula is C24H36F3N5O2S. The Morgan fingerprint density at radius 3 is 2.31 bits per heavy atom. The van der Waals surface area contributed by atoms with Gasteiger partial charge < -0.3 is 9.80 Å². The molecule has 1 aromatic heterocycles. The Morgan fingerprint density at radius 1 is 1.03 bits per heavy atom. The summed E-state index contributed by atoms with van der Waals surface area (Å²) in [5, 5.41) is 0. The largest absolute Gasteiger partial charge is 0.451 e. The van der Waals surface area contributed by atoms with E-state index in [1.54, 1.807) is 6.07 Å². The van der Waals surface area contributed by atoms with E-state index in [1.165, 1.54) is 25.5 Å². The summed E-state index contributed by atoms with van der Waals surface area (Å²) in [6.07, 6.45) is 7.84. The van der Waals surface area contributed by atoms with Crippen LogP contribution in [0.5, 0.6) is 0 Å². The lowest BCUT2D eigenvalue weighted by molar-refractivity contribution is -0.144. The lowest BCUT2D eigenvalue weighted by Gasteiger charge is -2.59. The molecule has 0 bridgehead atoms. The van der Waals surface area contributed by atoms with Gasteiger partial charge in [0.15, 0.2) is 0 Å². The van der Waals surface area contributed by atoms with E-state index in [2.05, 4.69) is 19.6 Å². The van der Waals surface area contributed by atoms with Crippen LogP contribution in [0.25, 0.3) is 0 Å². The minimum absolute atomic E-state index is 0.0371. The van der Waals surface area contributed by atoms with Gasteiger partial charge in [0.2, 0.25) is 15.8 Å². The molecule has 4 fully saturated rings. The normalized spacial score (nSPS) is 30.7. The zero-order valence-corrected chi connectivity index (χ0v) is 21.4. The molecule has 2 heterocycles. The molecule has 1 aromatic rings. The maximum Gasteiger partial charge on any atom is 0.451 e. The fourth-order valence-corrected chi connectivity index (χ4v) is 7.88. The molecule has 0 unspecified atom stereocenters. The minimum Gasteiger partial charge on any atom is -0.356 e. The number of sulfonamides is 1. The van der Waals surface area contributed by atoms with E-state index in [0.717, 1.165) is 64.5 Å². The monoisotopic (exact) mass is 515 g/mol. The first kappa shape index (κ1) is 25.0. The van der Waals surface area contributed by atoms with Crippen LogP contribution in [0.1, 0.15) is 76.5 Å². The second-order valence-corrected chi connectivity index (χ2v) is 13.4. The summed E-state index contributed by atoms with van der Waals surface area (Å²) in [5.41, 5.74) is 0.289. The van der Waals surface area contributed by atoms with Gasteiger partial charge in [-0.25, -0.2) is 23.1 Å². The van der Waals surface area contributed by atoms with Gasteiger partial charge in [0.1, 0.15) is 11.6 Å². The Morgan fingerprint density at radius 2 is 1.69 bits per heavy atom. The van der Waals surface area contributed by atoms with Gasteiger partial charge >= 0.3 is 6.18 Å². The van der Waals surface area contributed by atoms with Crippen LogP contribution >= 0.6 is 0 Å². The van der Waals surface area contributed by atoms with Gasteiger partial charge in [0.25, 0.3) is 0 Å². The number of nitrogens with one attached hydrogen (secondary N) is 1. The third-order valence-electron chi connectivity index (χ3n) is 8.84. The summed E-state index contributed by atoms with van der Waals surface area (Å²) in [6, 6.07) is 1.78. The van der Waals surface area contributed by atoms with E-state index in [0.29, 0.717) is 11.6 Å². The highest BCUT2D eigenvalue weighted by molar-refractivity contribution is 7.88. The number of aromatic nitrogens is 2. The maximum absolute atomic E-state index is 13.8. The van der Waals surface area contributed by atoms with Crippen molar-refractivity contribution in [2.75, 3.05) is 36.2 Å². The van der Waals surface area contributed by atoms with Gasteiger partial charge in [-0.2, -0.15) is 13.2 Å². The van der Waals surface area contributed by atoms with Gasteiger partial charge in [0, 0.05) is 38.3 Å². The molecule has 0 radical (unpaired) electrons. The second-order valence-electron chi connectivity index (χ2n) is 11.7. The van der Waals surface area contributed by atoms with E-state index in [9.17, 15) is 21.6 Å². The molecule has 3 saturated carbocycles. The fraction of sp³-hybridized carbons (Fsp3) is 0.833. The molecule has 1 saturated heterocycles. The molecule has 2 spiro atoms. The maximum atomic E-state index is 13.8. The number of hydrogen-bond donors (Lipinski definition) is 1. The molecule has 3 aliphatic carbocycles. The molecule has 196 valence electrons. The van der Waals surface area contributed by atoms with Crippen molar-refractivity contribution in [1.82, 2.24) is 14.7 Å². The van der Waals surface area contributed by atoms with E-state index >= 15 is 0 Å². The summed E-state index contributed by atoms with van der Waals surface area (Å²) in [4.78, 5) is 11.8. The van der Waals surface area contributed by atoms with Crippen LogP contribution in [0.4, 0.5) is 24.8 Å². The summed E-state index contributed by atoms with van der Waals surface area (Å²) in [7, 11) is -1.41. The average molecular weight is 516 g/mol. The molecule has 1 N–H and O–H groups in total. The summed E-state index contributed by atoms with van der Waals surface area (Å²) in [5.74, 6) is -0.375. The SMILES string of the molecule is CN(c1cc(N2CCCC3(CCCCC3)C2)nc(C(F)(F)F)n1)C1CC2(CC(NS(C)(=O)=O)C2)C1. The van der Waals surface area contributed by atoms with Crippen molar-refractivity contribution in [3.05, 3.63) is 11.9 Å². The first-order chi connectivity index (χ1) is 16.4. The van der Waals surface area contributed by atoms with E-state index < -0.39 is 22.0 Å². The fourth-order valence-electron chi connectivity index (χ4n) is 7.11. The Bertz CT molecular complexity index is 1040. The highest BCUT2D eigenvalue weighted by Crippen LogP contribution is 2.57. The number of anilines is 2. The number of rotatable bonds is 5. The average Bonchev–Trinajstić information content (AvgIpc) is 2.73. The topological polar surface area (TPSA) is 78.4 Å². The highest BCUT2D eigenvalue weighted by Gasteiger charge is 2.54. The Hall–Kier alpha value is -1.62. The zero-order chi connectivity index (χ0) is 25.1. The van der Waals surface area contributed by atoms with Crippen molar-refractivity contribution in [1.29, 1.82) is 0 Å². The van der Waals surface area contributed by atoms with Crippen LogP contribution < -0.4 is 14.5 Å². The predicted molar refractivity (Wildman–Crippen MR) is 129 cm³/mol. The van der Waals surface area contributed by atoms with Gasteiger partial charge in [-0.3, -0.25) is 0 Å². The van der Waals surface area contributed by atoms with Crippen LogP contribution in [0.15, 0.2) is 6.07 Å². The molecular weight excluding hydrogens is 479 g/mol. The number of nitrogens with zero attached hydrogens (tertiary/aromatic N) is 4. The van der Waals surface area contributed by atoms with E-state index in [4.69, 9.17) is 0 Å². The van der Waals surface area contributed by atoms with Crippen LogP contribution in [0.2, 0.25) is 0 Å². The smallest absolute Gasteiger partial charge is 0.356 e. The number of alkyl halides is 3. The number of hydrogen-bond acceptors (Lipinski definition) is 6. The third-order valence-corrected chi connectivity index (χ3v) is 9.60. The van der Waals surface area contributed by atoms with Gasteiger partial charge in [-0.05, 0) is 62.2 Å². The summed E-state index contributed by atoms with van der Waals surface area (Å²) in [6.45, 7) is 1.49. The Kier molecular flexibility index (Phi) is 6.26. The van der Waals surface area contributed by atoms with Crippen molar-refractivity contribution >= 4 is 21.7 Å². The summed E-state index contributed by atoms with van der Waals surface area (Å²) >= 11 is 0. The minimum atomic E-state index is -4.61. The molecule has 35 heavy (non-hydrogen) atoms. The van der Waals surface area contributed by atoms with Crippen LogP contribution in [0.3, 0.4) is 0 Å². The Balaban J connectivity index is 1.31.